The van der Waals surface area contributed by atoms with Crippen LogP contribution in [-0.4, -0.2) is 21.7 Å². The summed E-state index contributed by atoms with van der Waals surface area (Å²) in [5, 5.41) is 11.8. The molecule has 1 aliphatic carbocycles. The number of nitrogens with one attached hydrogen (secondary N) is 1. The minimum absolute atomic E-state index is 0.499. The van der Waals surface area contributed by atoms with Gasteiger partial charge in [-0.3, -0.25) is 4.98 Å². The molecule has 5 nitrogen and oxygen atoms in total. The van der Waals surface area contributed by atoms with Crippen molar-refractivity contribution in [3.63, 3.8) is 0 Å². The monoisotopic (exact) mass is 354 g/mol. The van der Waals surface area contributed by atoms with Crippen molar-refractivity contribution < 1.29 is 4.42 Å². The number of rotatable bonds is 7. The maximum atomic E-state index is 5.60. The van der Waals surface area contributed by atoms with Crippen LogP contribution in [0.3, 0.4) is 0 Å². The number of pyridine rings is 1. The second-order valence-corrected chi connectivity index (χ2v) is 7.82. The average molecular weight is 354 g/mol. The summed E-state index contributed by atoms with van der Waals surface area (Å²) >= 11 is 0. The Kier molecular flexibility index (Phi) is 6.20. The standard InChI is InChI=1S/C21H30N4O/c1-14(2)20-10-18(11-21-25-24-16(4)26-21)15(3)9-19(20)13-23-12-17-5-7-22-8-6-17/h5-9,14,18-20,23H,10-13H2,1-4H3/t18-,19-,20-/m0/s1. The Morgan fingerprint density at radius 2 is 1.96 bits per heavy atom. The van der Waals surface area contributed by atoms with Gasteiger partial charge in [0.1, 0.15) is 0 Å². The van der Waals surface area contributed by atoms with Crippen LogP contribution < -0.4 is 5.32 Å². The largest absolute Gasteiger partial charge is 0.426 e. The van der Waals surface area contributed by atoms with Crippen molar-refractivity contribution in [2.45, 2.75) is 47.1 Å². The minimum atomic E-state index is 0.499. The molecule has 0 bridgehead atoms. The maximum absolute atomic E-state index is 5.60. The van der Waals surface area contributed by atoms with Crippen LogP contribution in [0.1, 0.15) is 44.5 Å². The van der Waals surface area contributed by atoms with Gasteiger partial charge in [-0.2, -0.15) is 0 Å². The molecular weight excluding hydrogens is 324 g/mol. The van der Waals surface area contributed by atoms with Gasteiger partial charge < -0.3 is 9.73 Å². The van der Waals surface area contributed by atoms with Gasteiger partial charge in [0, 0.05) is 38.8 Å². The SMILES string of the molecule is CC1=C[C@@H](CNCc2ccncc2)[C@H](C(C)C)C[C@H]1Cc1nnc(C)o1. The van der Waals surface area contributed by atoms with E-state index in [1.54, 1.807) is 0 Å². The lowest BCUT2D eigenvalue weighted by atomic mass is 9.70. The van der Waals surface area contributed by atoms with Gasteiger partial charge in [0.2, 0.25) is 11.8 Å². The van der Waals surface area contributed by atoms with E-state index in [4.69, 9.17) is 4.42 Å². The minimum Gasteiger partial charge on any atom is -0.426 e. The van der Waals surface area contributed by atoms with Crippen LogP contribution in [0.5, 0.6) is 0 Å². The van der Waals surface area contributed by atoms with Crippen molar-refractivity contribution in [2.24, 2.45) is 23.7 Å². The fraction of sp³-hybridized carbons (Fsp3) is 0.571. The maximum Gasteiger partial charge on any atom is 0.217 e. The summed E-state index contributed by atoms with van der Waals surface area (Å²) in [5.74, 6) is 3.79. The van der Waals surface area contributed by atoms with Crippen molar-refractivity contribution in [2.75, 3.05) is 6.54 Å². The quantitative estimate of drug-likeness (QED) is 0.763. The lowest BCUT2D eigenvalue weighted by Gasteiger charge is -2.37. The molecular formula is C21H30N4O. The average Bonchev–Trinajstić information content (AvgIpc) is 3.02. The Bertz CT molecular complexity index is 723. The van der Waals surface area contributed by atoms with Crippen LogP contribution in [0.4, 0.5) is 0 Å². The van der Waals surface area contributed by atoms with Crippen LogP contribution in [0.15, 0.2) is 40.6 Å². The van der Waals surface area contributed by atoms with Crippen LogP contribution in [0.2, 0.25) is 0 Å². The van der Waals surface area contributed by atoms with Crippen molar-refractivity contribution in [3.05, 3.63) is 53.5 Å². The van der Waals surface area contributed by atoms with E-state index in [0.29, 0.717) is 29.6 Å². The summed E-state index contributed by atoms with van der Waals surface area (Å²) < 4.78 is 5.60. The molecule has 3 atom stereocenters. The van der Waals surface area contributed by atoms with Crippen LogP contribution in [0, 0.1) is 30.6 Å². The third-order valence-corrected chi connectivity index (χ3v) is 5.53. The Morgan fingerprint density at radius 1 is 1.19 bits per heavy atom. The number of allylic oxidation sites excluding steroid dienone is 1. The van der Waals surface area contributed by atoms with Gasteiger partial charge in [0.25, 0.3) is 0 Å². The normalized spacial score (nSPS) is 23.3. The van der Waals surface area contributed by atoms with Gasteiger partial charge in [-0.15, -0.1) is 10.2 Å². The number of hydrogen-bond donors (Lipinski definition) is 1. The van der Waals surface area contributed by atoms with E-state index in [-0.39, 0.29) is 0 Å². The van der Waals surface area contributed by atoms with E-state index in [9.17, 15) is 0 Å². The Balaban J connectivity index is 1.63. The molecule has 0 amide bonds. The lowest BCUT2D eigenvalue weighted by molar-refractivity contribution is 0.218. The fourth-order valence-corrected chi connectivity index (χ4v) is 4.02. The zero-order valence-corrected chi connectivity index (χ0v) is 16.3. The number of nitrogens with zero attached hydrogens (tertiary/aromatic N) is 3. The molecule has 0 aliphatic heterocycles. The van der Waals surface area contributed by atoms with E-state index in [1.807, 2.05) is 19.3 Å². The summed E-state index contributed by atoms with van der Waals surface area (Å²) in [6, 6.07) is 4.13. The van der Waals surface area contributed by atoms with Gasteiger partial charge in [-0.25, -0.2) is 0 Å². The summed E-state index contributed by atoms with van der Waals surface area (Å²) in [4.78, 5) is 4.08. The molecule has 0 radical (unpaired) electrons. The molecule has 3 rings (SSSR count). The van der Waals surface area contributed by atoms with Gasteiger partial charge in [0.05, 0.1) is 0 Å². The predicted molar refractivity (Wildman–Crippen MR) is 102 cm³/mol. The van der Waals surface area contributed by atoms with Gasteiger partial charge in [-0.05, 0) is 54.7 Å². The number of hydrogen-bond acceptors (Lipinski definition) is 5. The van der Waals surface area contributed by atoms with Crippen molar-refractivity contribution in [1.29, 1.82) is 0 Å². The summed E-state index contributed by atoms with van der Waals surface area (Å²) in [7, 11) is 0. The van der Waals surface area contributed by atoms with Crippen molar-refractivity contribution >= 4 is 0 Å². The van der Waals surface area contributed by atoms with E-state index in [2.05, 4.69) is 59.5 Å². The first kappa shape index (κ1) is 18.8. The van der Waals surface area contributed by atoms with Crippen molar-refractivity contribution in [3.8, 4) is 0 Å². The fourth-order valence-electron chi connectivity index (χ4n) is 4.02. The van der Waals surface area contributed by atoms with Gasteiger partial charge in [-0.1, -0.05) is 25.5 Å². The van der Waals surface area contributed by atoms with Crippen molar-refractivity contribution in [1.82, 2.24) is 20.5 Å². The zero-order chi connectivity index (χ0) is 18.5. The number of aromatic nitrogens is 3. The summed E-state index contributed by atoms with van der Waals surface area (Å²) in [5.41, 5.74) is 2.73. The highest BCUT2D eigenvalue weighted by Crippen LogP contribution is 2.38. The molecule has 0 saturated carbocycles. The van der Waals surface area contributed by atoms with Crippen LogP contribution in [0.25, 0.3) is 0 Å². The van der Waals surface area contributed by atoms with E-state index in [0.717, 1.165) is 25.4 Å². The zero-order valence-electron chi connectivity index (χ0n) is 16.3. The molecule has 0 aromatic carbocycles. The Labute approximate surface area is 156 Å². The first-order chi connectivity index (χ1) is 12.5. The Hall–Kier alpha value is -2.01. The van der Waals surface area contributed by atoms with Gasteiger partial charge >= 0.3 is 0 Å². The number of aryl methyl sites for hydroxylation is 1. The van der Waals surface area contributed by atoms with E-state index < -0.39 is 0 Å². The molecule has 2 aromatic rings. The third kappa shape index (κ3) is 4.79. The third-order valence-electron chi connectivity index (χ3n) is 5.53. The topological polar surface area (TPSA) is 63.8 Å². The second-order valence-electron chi connectivity index (χ2n) is 7.82. The highest BCUT2D eigenvalue weighted by Gasteiger charge is 2.32. The summed E-state index contributed by atoms with van der Waals surface area (Å²) in [6.45, 7) is 10.7. The van der Waals surface area contributed by atoms with E-state index >= 15 is 0 Å². The molecule has 1 N–H and O–H groups in total. The molecule has 140 valence electrons. The molecule has 0 spiro atoms. The van der Waals surface area contributed by atoms with Crippen LogP contribution >= 0.6 is 0 Å². The first-order valence-electron chi connectivity index (χ1n) is 9.60. The molecule has 0 unspecified atom stereocenters. The molecule has 0 saturated heterocycles. The molecule has 0 fully saturated rings. The summed E-state index contributed by atoms with van der Waals surface area (Å²) in [6.07, 6.45) is 8.21. The van der Waals surface area contributed by atoms with E-state index in [1.165, 1.54) is 17.6 Å². The smallest absolute Gasteiger partial charge is 0.217 e. The molecule has 1 aliphatic rings. The molecule has 2 heterocycles. The highest BCUT2D eigenvalue weighted by atomic mass is 16.4. The predicted octanol–water partition coefficient (Wildman–Crippen LogP) is 3.96. The molecule has 2 aromatic heterocycles. The Morgan fingerprint density at radius 3 is 2.62 bits per heavy atom. The highest BCUT2D eigenvalue weighted by molar-refractivity contribution is 5.14. The lowest BCUT2D eigenvalue weighted by Crippen LogP contribution is -2.34. The molecule has 5 heteroatoms. The second kappa shape index (κ2) is 8.58. The molecule has 26 heavy (non-hydrogen) atoms. The van der Waals surface area contributed by atoms with Crippen LogP contribution in [-0.2, 0) is 13.0 Å². The first-order valence-corrected chi connectivity index (χ1v) is 9.60. The van der Waals surface area contributed by atoms with Gasteiger partial charge in [0.15, 0.2) is 0 Å².